The fourth-order valence-electron chi connectivity index (χ4n) is 3.62. The van der Waals surface area contributed by atoms with E-state index in [1.165, 1.54) is 10.9 Å². The van der Waals surface area contributed by atoms with E-state index in [1.807, 2.05) is 17.9 Å². The molecule has 0 saturated carbocycles. The number of pyridine rings is 1. The Morgan fingerprint density at radius 1 is 1.28 bits per heavy atom. The van der Waals surface area contributed by atoms with E-state index in [-0.39, 0.29) is 17.6 Å². The van der Waals surface area contributed by atoms with Gasteiger partial charge in [-0.2, -0.15) is 5.10 Å². The molecular formula is C17H21FN6O. The van der Waals surface area contributed by atoms with Crippen molar-refractivity contribution in [3.8, 4) is 5.82 Å². The topological polar surface area (TPSA) is 75.1 Å². The summed E-state index contributed by atoms with van der Waals surface area (Å²) in [4.78, 5) is 18.7. The van der Waals surface area contributed by atoms with E-state index >= 15 is 0 Å². The highest BCUT2D eigenvalue weighted by atomic mass is 19.1. The molecule has 4 rings (SSSR count). The average molecular weight is 344 g/mol. The number of carbonyl (C=O) groups is 1. The monoisotopic (exact) mass is 344 g/mol. The molecule has 2 aromatic rings. The maximum atomic E-state index is 13.1. The predicted molar refractivity (Wildman–Crippen MR) is 89.8 cm³/mol. The number of aromatic nitrogens is 3. The Hall–Kier alpha value is -2.48. The lowest BCUT2D eigenvalue weighted by Crippen LogP contribution is -2.51. The molecule has 0 aliphatic carbocycles. The largest absolute Gasteiger partial charge is 0.331 e. The highest BCUT2D eigenvalue weighted by Gasteiger charge is 2.44. The van der Waals surface area contributed by atoms with Crippen LogP contribution in [-0.4, -0.2) is 50.9 Å². The lowest BCUT2D eigenvalue weighted by Gasteiger charge is -2.33. The molecule has 8 heteroatoms. The third kappa shape index (κ3) is 2.97. The van der Waals surface area contributed by atoms with Crippen LogP contribution in [0.5, 0.6) is 0 Å². The molecule has 0 aromatic carbocycles. The molecule has 0 bridgehead atoms. The zero-order valence-electron chi connectivity index (χ0n) is 14.1. The minimum Gasteiger partial charge on any atom is -0.331 e. The van der Waals surface area contributed by atoms with Crippen LogP contribution in [0.25, 0.3) is 5.82 Å². The van der Waals surface area contributed by atoms with Gasteiger partial charge in [-0.1, -0.05) is 6.07 Å². The first-order valence-electron chi connectivity index (χ1n) is 8.52. The Balaban J connectivity index is 1.50. The first-order valence-corrected chi connectivity index (χ1v) is 8.52. The minimum atomic E-state index is -0.403. The van der Waals surface area contributed by atoms with Crippen molar-refractivity contribution in [1.29, 1.82) is 0 Å². The molecule has 2 N–H and O–H groups in total. The first kappa shape index (κ1) is 16.0. The van der Waals surface area contributed by atoms with Crippen molar-refractivity contribution in [3.05, 3.63) is 42.1 Å². The normalized spacial score (nSPS) is 20.7. The number of amides is 2. The fourth-order valence-corrected chi connectivity index (χ4v) is 3.62. The van der Waals surface area contributed by atoms with Gasteiger partial charge >= 0.3 is 6.03 Å². The number of halogens is 1. The van der Waals surface area contributed by atoms with E-state index < -0.39 is 5.82 Å². The smallest absolute Gasteiger partial charge is 0.318 e. The fraction of sp³-hybridized carbons (Fsp3) is 0.471. The Morgan fingerprint density at radius 2 is 2.08 bits per heavy atom. The van der Waals surface area contributed by atoms with Crippen molar-refractivity contribution >= 4 is 6.03 Å². The van der Waals surface area contributed by atoms with Gasteiger partial charge in [0.25, 0.3) is 0 Å². The predicted octanol–water partition coefficient (Wildman–Crippen LogP) is 1.61. The molecule has 2 aromatic heterocycles. The van der Waals surface area contributed by atoms with Gasteiger partial charge in [0.1, 0.15) is 0 Å². The molecule has 7 nitrogen and oxygen atoms in total. The Bertz CT molecular complexity index is 768. The van der Waals surface area contributed by atoms with Crippen molar-refractivity contribution in [2.45, 2.75) is 31.3 Å². The summed E-state index contributed by atoms with van der Waals surface area (Å²) in [5, 5.41) is 10.4. The molecule has 1 atom stereocenters. The van der Waals surface area contributed by atoms with Crippen LogP contribution in [0.2, 0.25) is 0 Å². The van der Waals surface area contributed by atoms with E-state index in [9.17, 15) is 9.18 Å². The summed E-state index contributed by atoms with van der Waals surface area (Å²) in [5.41, 5.74) is 0.828. The van der Waals surface area contributed by atoms with Crippen molar-refractivity contribution < 1.29 is 9.18 Å². The van der Waals surface area contributed by atoms with Gasteiger partial charge in [0.2, 0.25) is 0 Å². The van der Waals surface area contributed by atoms with Crippen molar-refractivity contribution in [2.75, 3.05) is 19.6 Å². The number of piperidine rings is 1. The number of rotatable bonds is 3. The highest BCUT2D eigenvalue weighted by molar-refractivity contribution is 5.78. The number of hydrogen-bond donors (Lipinski definition) is 2. The van der Waals surface area contributed by atoms with E-state index in [1.54, 1.807) is 12.3 Å². The minimum absolute atomic E-state index is 0.0207. The molecule has 0 unspecified atom stereocenters. The van der Waals surface area contributed by atoms with Crippen molar-refractivity contribution in [3.63, 3.8) is 0 Å². The first-order chi connectivity index (χ1) is 12.1. The van der Waals surface area contributed by atoms with Gasteiger partial charge in [-0.15, -0.1) is 0 Å². The van der Waals surface area contributed by atoms with Gasteiger partial charge in [-0.3, -0.25) is 0 Å². The maximum absolute atomic E-state index is 13.1. The molecule has 2 fully saturated rings. The number of carbonyl (C=O) groups excluding carboxylic acids is 1. The third-order valence-electron chi connectivity index (χ3n) is 5.17. The molecule has 2 aliphatic rings. The van der Waals surface area contributed by atoms with E-state index in [0.717, 1.165) is 37.7 Å². The maximum Gasteiger partial charge on any atom is 0.318 e. The van der Waals surface area contributed by atoms with Gasteiger partial charge in [0.15, 0.2) is 11.6 Å². The SMILES string of the molecule is C[C@@H](c1ccc(-n2cc(F)cn2)nc1)N1CC2(CCNCC2)NC1=O. The molecule has 0 radical (unpaired) electrons. The summed E-state index contributed by atoms with van der Waals surface area (Å²) in [7, 11) is 0. The van der Waals surface area contributed by atoms with E-state index in [4.69, 9.17) is 0 Å². The van der Waals surface area contributed by atoms with Gasteiger partial charge < -0.3 is 15.5 Å². The summed E-state index contributed by atoms with van der Waals surface area (Å²) in [6, 6.07) is 3.60. The lowest BCUT2D eigenvalue weighted by atomic mass is 9.89. The van der Waals surface area contributed by atoms with Crippen LogP contribution in [-0.2, 0) is 0 Å². The Morgan fingerprint density at radius 3 is 2.72 bits per heavy atom. The number of hydrogen-bond acceptors (Lipinski definition) is 4. The van der Waals surface area contributed by atoms with Gasteiger partial charge in [-0.25, -0.2) is 18.9 Å². The van der Waals surface area contributed by atoms with Crippen LogP contribution in [0, 0.1) is 5.82 Å². The second kappa shape index (κ2) is 6.11. The Kier molecular flexibility index (Phi) is 3.91. The second-order valence-corrected chi connectivity index (χ2v) is 6.82. The van der Waals surface area contributed by atoms with Crippen molar-refractivity contribution in [1.82, 2.24) is 30.3 Å². The lowest BCUT2D eigenvalue weighted by molar-refractivity contribution is 0.199. The van der Waals surface area contributed by atoms with Crippen LogP contribution >= 0.6 is 0 Å². The quantitative estimate of drug-likeness (QED) is 0.887. The summed E-state index contributed by atoms with van der Waals surface area (Å²) in [6.45, 7) is 4.57. The van der Waals surface area contributed by atoms with Crippen LogP contribution in [0.4, 0.5) is 9.18 Å². The number of nitrogens with one attached hydrogen (secondary N) is 2. The highest BCUT2D eigenvalue weighted by Crippen LogP contribution is 2.31. The van der Waals surface area contributed by atoms with Crippen LogP contribution in [0.15, 0.2) is 30.7 Å². The van der Waals surface area contributed by atoms with Crippen molar-refractivity contribution in [2.24, 2.45) is 0 Å². The molecule has 2 saturated heterocycles. The third-order valence-corrected chi connectivity index (χ3v) is 5.17. The summed E-state index contributed by atoms with van der Waals surface area (Å²) < 4.78 is 14.5. The van der Waals surface area contributed by atoms with Gasteiger partial charge in [0, 0.05) is 12.7 Å². The van der Waals surface area contributed by atoms with Gasteiger partial charge in [0.05, 0.1) is 24.0 Å². The number of nitrogens with zero attached hydrogens (tertiary/aromatic N) is 4. The zero-order valence-corrected chi connectivity index (χ0v) is 14.1. The van der Waals surface area contributed by atoms with Crippen LogP contribution < -0.4 is 10.6 Å². The van der Waals surface area contributed by atoms with Crippen LogP contribution in [0.1, 0.15) is 31.4 Å². The molecule has 2 amide bonds. The molecule has 2 aliphatic heterocycles. The molecule has 132 valence electrons. The van der Waals surface area contributed by atoms with E-state index in [2.05, 4.69) is 20.7 Å². The summed E-state index contributed by atoms with van der Waals surface area (Å²) >= 11 is 0. The zero-order chi connectivity index (χ0) is 17.4. The molecule has 25 heavy (non-hydrogen) atoms. The second-order valence-electron chi connectivity index (χ2n) is 6.82. The summed E-state index contributed by atoms with van der Waals surface area (Å²) in [5.74, 6) is 0.140. The standard InChI is InChI=1S/C17H21FN6O/c1-12(23-11-17(22-16(23)25)4-6-19-7-5-17)13-2-3-15(20-8-13)24-10-14(18)9-21-24/h2-3,8-10,12,19H,4-7,11H2,1H3,(H,22,25)/t12-/m0/s1. The van der Waals surface area contributed by atoms with Gasteiger partial charge in [-0.05, 0) is 44.5 Å². The number of urea groups is 1. The molecule has 4 heterocycles. The summed E-state index contributed by atoms with van der Waals surface area (Å²) in [6.07, 6.45) is 6.04. The Labute approximate surface area is 145 Å². The molecular weight excluding hydrogens is 323 g/mol. The van der Waals surface area contributed by atoms with E-state index in [0.29, 0.717) is 12.4 Å². The van der Waals surface area contributed by atoms with Crippen LogP contribution in [0.3, 0.4) is 0 Å². The molecule has 1 spiro atoms. The average Bonchev–Trinajstić information content (AvgIpc) is 3.19.